The van der Waals surface area contributed by atoms with E-state index in [9.17, 15) is 29.4 Å². The van der Waals surface area contributed by atoms with E-state index in [1.165, 1.54) is 11.0 Å². The molecule has 5 N–H and O–H groups in total. The molecule has 2 saturated heterocycles. The van der Waals surface area contributed by atoms with E-state index in [1.54, 1.807) is 28.4 Å². The van der Waals surface area contributed by atoms with Gasteiger partial charge >= 0.3 is 6.09 Å². The lowest BCUT2D eigenvalue weighted by molar-refractivity contribution is -0.144. The number of nitrogens with zero attached hydrogens (tertiary/aromatic N) is 7. The molecule has 0 aliphatic carbocycles. The van der Waals surface area contributed by atoms with Crippen molar-refractivity contribution in [2.24, 2.45) is 5.41 Å². The first-order chi connectivity index (χ1) is 41.9. The van der Waals surface area contributed by atoms with Gasteiger partial charge in [-0.1, -0.05) is 80.9 Å². The maximum Gasteiger partial charge on any atom is 0.410 e. The van der Waals surface area contributed by atoms with Crippen LogP contribution in [0.1, 0.15) is 78.6 Å². The van der Waals surface area contributed by atoms with E-state index in [2.05, 4.69) is 25.8 Å². The number of carbonyl (C=O) groups is 4. The first kappa shape index (κ1) is 67.1. The van der Waals surface area contributed by atoms with Gasteiger partial charge in [0, 0.05) is 63.2 Å². The molecule has 0 bridgehead atoms. The molecule has 4 heterocycles. The molecule has 476 valence electrons. The molecule has 2 unspecified atom stereocenters. The van der Waals surface area contributed by atoms with Crippen molar-refractivity contribution >= 4 is 80.2 Å². The van der Waals surface area contributed by atoms with Gasteiger partial charge in [-0.25, -0.2) is 19.2 Å². The number of β-amino-alcohol motifs (C(OH)–C–C–N with tert-alkyl or cyclic N) is 1. The van der Waals surface area contributed by atoms with Crippen molar-refractivity contribution < 1.29 is 57.5 Å². The molecule has 4 amide bonds. The molecule has 2 fully saturated rings. The molecule has 21 nitrogen and oxygen atoms in total. The van der Waals surface area contributed by atoms with Crippen LogP contribution in [0.25, 0.3) is 43.2 Å². The van der Waals surface area contributed by atoms with Crippen LogP contribution in [0.2, 0.25) is 5.02 Å². The minimum absolute atomic E-state index is 0.0245. The van der Waals surface area contributed by atoms with E-state index in [1.807, 2.05) is 121 Å². The number of rotatable bonds is 27. The Labute approximate surface area is 523 Å². The largest absolute Gasteiger partial charge is 0.508 e. The lowest BCUT2D eigenvalue weighted by Gasteiger charge is -2.36. The Balaban J connectivity index is 0.713. The third-order valence-corrected chi connectivity index (χ3v) is 16.5. The zero-order chi connectivity index (χ0) is 63.3. The Morgan fingerprint density at radius 1 is 0.852 bits per heavy atom. The number of phenolic OH excluding ortho intramolecular Hbond substituents is 1. The number of aliphatic hydroxyl groups excluding tert-OH is 1. The number of hydrogen-bond acceptors (Lipinski definition) is 18. The van der Waals surface area contributed by atoms with E-state index in [0.717, 1.165) is 39.0 Å². The number of likely N-dealkylation sites (N-methyl/N-ethyl adjacent to an activating group) is 1. The first-order valence-electron chi connectivity index (χ1n) is 29.9. The molecule has 4 aromatic carbocycles. The smallest absolute Gasteiger partial charge is 0.410 e. The van der Waals surface area contributed by atoms with Crippen molar-refractivity contribution in [1.29, 1.82) is 0 Å². The van der Waals surface area contributed by atoms with Crippen molar-refractivity contribution in [3.05, 3.63) is 94.3 Å². The van der Waals surface area contributed by atoms with Gasteiger partial charge in [0.25, 0.3) is 0 Å². The number of ether oxygens (including phenoxy) is 5. The molecular formula is C64H84ClFN10O11S. The van der Waals surface area contributed by atoms with Gasteiger partial charge in [-0.3, -0.25) is 14.4 Å². The Bertz CT molecular complexity index is 3360. The summed E-state index contributed by atoms with van der Waals surface area (Å²) in [5, 5.41) is 32.5. The molecule has 0 spiro atoms. The number of carbonyl (C=O) groups excluding carboxylic acids is 4. The first-order valence-corrected chi connectivity index (χ1v) is 31.2. The van der Waals surface area contributed by atoms with E-state index in [0.29, 0.717) is 95.5 Å². The quantitative estimate of drug-likeness (QED) is 0.0303. The van der Waals surface area contributed by atoms with Gasteiger partial charge < -0.3 is 69.4 Å². The summed E-state index contributed by atoms with van der Waals surface area (Å²) < 4.78 is 45.4. The predicted molar refractivity (Wildman–Crippen MR) is 339 cm³/mol. The minimum atomic E-state index is -0.992. The van der Waals surface area contributed by atoms with Crippen LogP contribution in [0.15, 0.2) is 72.2 Å². The van der Waals surface area contributed by atoms with Crippen LogP contribution in [-0.4, -0.2) is 200 Å². The number of aryl methyl sites for hydroxylation is 1. The number of piperazine rings is 1. The van der Waals surface area contributed by atoms with Gasteiger partial charge in [0.2, 0.25) is 23.7 Å². The van der Waals surface area contributed by atoms with E-state index >= 15 is 4.39 Å². The van der Waals surface area contributed by atoms with Crippen LogP contribution < -0.4 is 20.9 Å². The molecular weight excluding hydrogens is 1170 g/mol. The molecule has 24 heteroatoms. The number of halogens is 2. The van der Waals surface area contributed by atoms with Crippen molar-refractivity contribution in [2.45, 2.75) is 98.1 Å². The Morgan fingerprint density at radius 2 is 1.52 bits per heavy atom. The standard InChI is InChI=1S/C64H84ClFN10O11S/c1-40(42-15-17-43(18-16-42)56-41(2)68-39-88-56)69-59(80)51-35-46(78)37-76(51)60(81)57(63(3,4)5)70-52(79)38-86-32-31-85-30-29-84-28-27-83-26-25-73(9)20-12-19-67-61-71-55-49(58(72-61)74-21-23-75(24-22-74)62(82)87-64(6,7)8)36-50(65)53(54(55)66)48-34-45(77)33-44-13-10-11-14-47(44)48/h10-11,13-18,33-34,36,39-40,46,51,57,77-78H,12,19-32,35,37-38H2,1-9H3,(H,69,80)(H,70,79)(H,67,71,72)/t40?,46-,51+,57?/m1/s1. The van der Waals surface area contributed by atoms with Gasteiger partial charge in [0.1, 0.15) is 41.4 Å². The molecule has 2 aliphatic rings. The highest BCUT2D eigenvalue weighted by molar-refractivity contribution is 7.13. The van der Waals surface area contributed by atoms with Crippen molar-refractivity contribution in [1.82, 2.24) is 40.3 Å². The number of phenols is 1. The van der Waals surface area contributed by atoms with Gasteiger partial charge in [-0.2, -0.15) is 4.98 Å². The van der Waals surface area contributed by atoms with E-state index in [4.69, 9.17) is 45.3 Å². The van der Waals surface area contributed by atoms with Gasteiger partial charge in [-0.15, -0.1) is 11.3 Å². The fraction of sp³-hybridized carbons (Fsp3) is 0.516. The number of aromatic nitrogens is 3. The number of nitrogens with one attached hydrogen (secondary N) is 3. The lowest BCUT2D eigenvalue weighted by atomic mass is 9.85. The number of anilines is 2. The monoisotopic (exact) mass is 1250 g/mol. The summed E-state index contributed by atoms with van der Waals surface area (Å²) in [7, 11) is 2.00. The number of aromatic hydroxyl groups is 1. The third-order valence-electron chi connectivity index (χ3n) is 15.2. The molecule has 8 rings (SSSR count). The number of fused-ring (bicyclic) bond motifs is 2. The summed E-state index contributed by atoms with van der Waals surface area (Å²) in [5.41, 5.74) is 3.95. The van der Waals surface area contributed by atoms with Crippen molar-refractivity contribution in [3.63, 3.8) is 0 Å². The summed E-state index contributed by atoms with van der Waals surface area (Å²) in [6.07, 6.45) is -0.504. The molecule has 88 heavy (non-hydrogen) atoms. The normalized spacial score (nSPS) is 16.4. The Morgan fingerprint density at radius 3 is 2.18 bits per heavy atom. The number of amides is 4. The van der Waals surface area contributed by atoms with Crippen LogP contribution in [0.4, 0.5) is 21.0 Å². The number of hydrogen-bond donors (Lipinski definition) is 5. The number of likely N-dealkylation sites (tertiary alicyclic amines) is 1. The maximum atomic E-state index is 17.1. The minimum Gasteiger partial charge on any atom is -0.508 e. The third kappa shape index (κ3) is 17.9. The lowest BCUT2D eigenvalue weighted by Crippen LogP contribution is -2.58. The van der Waals surface area contributed by atoms with Gasteiger partial charge in [0.05, 0.1) is 79.5 Å². The predicted octanol–water partition coefficient (Wildman–Crippen LogP) is 8.61. The molecule has 0 radical (unpaired) electrons. The second-order valence-corrected chi connectivity index (χ2v) is 25.6. The van der Waals surface area contributed by atoms with E-state index < -0.39 is 52.9 Å². The fourth-order valence-electron chi connectivity index (χ4n) is 10.6. The summed E-state index contributed by atoms with van der Waals surface area (Å²) in [4.78, 5) is 76.0. The molecule has 2 aromatic heterocycles. The zero-order valence-corrected chi connectivity index (χ0v) is 53.4. The second-order valence-electron chi connectivity index (χ2n) is 24.3. The number of thiazole rings is 1. The fourth-order valence-corrected chi connectivity index (χ4v) is 11.7. The number of benzene rings is 4. The van der Waals surface area contributed by atoms with Gasteiger partial charge in [0.15, 0.2) is 5.82 Å². The van der Waals surface area contributed by atoms with Crippen LogP contribution in [0.3, 0.4) is 0 Å². The summed E-state index contributed by atoms with van der Waals surface area (Å²) in [6.45, 7) is 20.1. The molecule has 4 atom stereocenters. The Hall–Kier alpha value is -6.83. The Kier molecular flexibility index (Phi) is 23.3. The van der Waals surface area contributed by atoms with Crippen LogP contribution in [-0.2, 0) is 38.1 Å². The zero-order valence-electron chi connectivity index (χ0n) is 51.8. The van der Waals surface area contributed by atoms with Crippen LogP contribution in [0, 0.1) is 18.2 Å². The summed E-state index contributed by atoms with van der Waals surface area (Å²) >= 11 is 8.51. The van der Waals surface area contributed by atoms with Gasteiger partial charge in [-0.05, 0) is 106 Å². The summed E-state index contributed by atoms with van der Waals surface area (Å²) in [5.74, 6) is -1.29. The number of aliphatic hydroxyl groups is 1. The maximum absolute atomic E-state index is 17.1. The highest BCUT2D eigenvalue weighted by atomic mass is 35.5. The van der Waals surface area contributed by atoms with Crippen LogP contribution >= 0.6 is 22.9 Å². The van der Waals surface area contributed by atoms with E-state index in [-0.39, 0.29) is 72.5 Å². The highest BCUT2D eigenvalue weighted by Crippen LogP contribution is 2.43. The average molecular weight is 1260 g/mol. The topological polar surface area (TPSA) is 243 Å². The summed E-state index contributed by atoms with van der Waals surface area (Å²) in [6, 6.07) is 17.8. The SMILES string of the molecule is Cc1ncsc1-c1ccc(C(C)NC(=O)[C@@H]2C[C@@H](O)CN2C(=O)C(NC(=O)COCCOCCOCCOCCN(C)CCCNc2nc(N3CCN(C(=O)OC(C)(C)C)CC3)c3cc(Cl)c(-c4cc(O)cc5ccccc45)c(F)c3n2)C(C)(C)C)cc1. The van der Waals surface area contributed by atoms with Crippen molar-refractivity contribution in [2.75, 3.05) is 122 Å². The molecule has 6 aromatic rings. The average Bonchev–Trinajstić information content (AvgIpc) is 1.23. The molecule has 2 aliphatic heterocycles. The highest BCUT2D eigenvalue weighted by Gasteiger charge is 2.45. The second kappa shape index (κ2) is 30.6. The van der Waals surface area contributed by atoms with Crippen LogP contribution in [0.5, 0.6) is 5.75 Å². The molecule has 0 saturated carbocycles. The van der Waals surface area contributed by atoms with Crippen molar-refractivity contribution in [3.8, 4) is 27.3 Å².